The summed E-state index contributed by atoms with van der Waals surface area (Å²) in [5.41, 5.74) is 4.40. The Bertz CT molecular complexity index is 1150. The third kappa shape index (κ3) is 4.31. The lowest BCUT2D eigenvalue weighted by molar-refractivity contribution is 0.0997. The summed E-state index contributed by atoms with van der Waals surface area (Å²) in [6.45, 7) is 0. The molecule has 4 aromatic rings. The number of hydrogen-bond acceptors (Lipinski definition) is 3. The number of carbonyl (C=O) groups excluding carboxylic acids is 1. The van der Waals surface area contributed by atoms with Gasteiger partial charge in [0.05, 0.1) is 11.3 Å². The minimum absolute atomic E-state index is 0.0854. The summed E-state index contributed by atoms with van der Waals surface area (Å²) < 4.78 is 0. The van der Waals surface area contributed by atoms with Gasteiger partial charge < -0.3 is 4.90 Å². The predicted molar refractivity (Wildman–Crippen MR) is 126 cm³/mol. The van der Waals surface area contributed by atoms with E-state index in [1.807, 2.05) is 102 Å². The van der Waals surface area contributed by atoms with Crippen molar-refractivity contribution in [3.05, 3.63) is 118 Å². The quantitative estimate of drug-likeness (QED) is 0.349. The van der Waals surface area contributed by atoms with E-state index in [1.165, 1.54) is 11.3 Å². The number of rotatable bonds is 5. The van der Waals surface area contributed by atoms with E-state index in [4.69, 9.17) is 0 Å². The van der Waals surface area contributed by atoms with Crippen LogP contribution in [0.4, 0.5) is 11.4 Å². The van der Waals surface area contributed by atoms with E-state index in [9.17, 15) is 4.79 Å². The molecule has 0 saturated carbocycles. The maximum atomic E-state index is 13.1. The molecule has 0 atom stereocenters. The predicted octanol–water partition coefficient (Wildman–Crippen LogP) is 6.46. The zero-order valence-electron chi connectivity index (χ0n) is 16.5. The minimum atomic E-state index is -0.0854. The lowest BCUT2D eigenvalue weighted by Crippen LogP contribution is -2.25. The maximum Gasteiger partial charge on any atom is 0.270 e. The molecule has 4 rings (SSSR count). The highest BCUT2D eigenvalue weighted by Crippen LogP contribution is 2.28. The van der Waals surface area contributed by atoms with E-state index in [2.05, 4.69) is 10.9 Å². The Morgan fingerprint density at radius 2 is 1.33 bits per heavy atom. The van der Waals surface area contributed by atoms with E-state index in [-0.39, 0.29) is 5.91 Å². The molecule has 30 heavy (non-hydrogen) atoms. The number of thiophene rings is 1. The van der Waals surface area contributed by atoms with Crippen molar-refractivity contribution in [2.75, 3.05) is 11.9 Å². The smallest absolute Gasteiger partial charge is 0.270 e. The van der Waals surface area contributed by atoms with Gasteiger partial charge in [-0.05, 0) is 40.6 Å². The average molecular weight is 409 g/mol. The number of anilines is 1. The summed E-state index contributed by atoms with van der Waals surface area (Å²) in [6, 6.07) is 31.5. The van der Waals surface area contributed by atoms with Crippen molar-refractivity contribution in [2.24, 2.45) is 4.99 Å². The third-order valence-corrected chi connectivity index (χ3v) is 5.59. The van der Waals surface area contributed by atoms with Crippen LogP contribution in [0.15, 0.2) is 107 Å². The van der Waals surface area contributed by atoms with Gasteiger partial charge >= 0.3 is 0 Å². The number of nitrogens with zero attached hydrogens (tertiary/aromatic N) is 2. The molecule has 1 aromatic heterocycles. The second-order valence-corrected chi connectivity index (χ2v) is 7.58. The Morgan fingerprint density at radius 3 is 1.90 bits per heavy atom. The van der Waals surface area contributed by atoms with Gasteiger partial charge in [0.1, 0.15) is 4.88 Å². The van der Waals surface area contributed by atoms with Crippen LogP contribution in [0.3, 0.4) is 0 Å². The Balaban J connectivity index is 1.73. The summed E-state index contributed by atoms with van der Waals surface area (Å²) in [6.07, 6.45) is 0. The Morgan fingerprint density at radius 1 is 0.800 bits per heavy atom. The SMILES string of the molecule is CN(C(=O)c1sccc1N=C=C(c1ccccc1)c1ccccc1)c1ccccc1. The molecule has 3 nitrogen and oxygen atoms in total. The molecule has 0 fully saturated rings. The molecule has 0 bridgehead atoms. The average Bonchev–Trinajstić information content (AvgIpc) is 3.29. The van der Waals surface area contributed by atoms with Crippen molar-refractivity contribution in [1.82, 2.24) is 0 Å². The zero-order chi connectivity index (χ0) is 20.8. The number of benzene rings is 3. The van der Waals surface area contributed by atoms with Gasteiger partial charge in [-0.2, -0.15) is 0 Å². The summed E-state index contributed by atoms with van der Waals surface area (Å²) in [5.74, 6) is 3.12. The van der Waals surface area contributed by atoms with E-state index < -0.39 is 0 Å². The molecule has 1 amide bonds. The van der Waals surface area contributed by atoms with Crippen molar-refractivity contribution in [1.29, 1.82) is 0 Å². The fourth-order valence-electron chi connectivity index (χ4n) is 3.09. The molecular formula is C26H20N2OS. The van der Waals surface area contributed by atoms with Gasteiger partial charge in [-0.3, -0.25) is 4.79 Å². The molecule has 1 heterocycles. The van der Waals surface area contributed by atoms with Crippen LogP contribution < -0.4 is 4.90 Å². The number of amides is 1. The number of para-hydroxylation sites is 1. The van der Waals surface area contributed by atoms with Gasteiger partial charge in [0.2, 0.25) is 0 Å². The minimum Gasteiger partial charge on any atom is -0.311 e. The second-order valence-electron chi connectivity index (χ2n) is 6.67. The van der Waals surface area contributed by atoms with Gasteiger partial charge in [0, 0.05) is 12.7 Å². The molecule has 0 radical (unpaired) electrons. The highest BCUT2D eigenvalue weighted by Gasteiger charge is 2.18. The normalized spacial score (nSPS) is 10.2. The van der Waals surface area contributed by atoms with Crippen molar-refractivity contribution < 1.29 is 4.79 Å². The van der Waals surface area contributed by atoms with Crippen LogP contribution in [-0.2, 0) is 0 Å². The maximum absolute atomic E-state index is 13.1. The first-order valence-electron chi connectivity index (χ1n) is 9.59. The van der Waals surface area contributed by atoms with Crippen LogP contribution >= 0.6 is 11.3 Å². The largest absolute Gasteiger partial charge is 0.311 e. The monoisotopic (exact) mass is 408 g/mol. The standard InChI is InChI=1S/C26H20N2OS/c1-28(22-15-9-4-10-16-22)26(29)25-24(17-18-30-25)27-19-23(20-11-5-2-6-12-20)21-13-7-3-8-14-21/h2-18H,1H3. The summed E-state index contributed by atoms with van der Waals surface area (Å²) in [5, 5.41) is 1.89. The molecule has 0 aliphatic carbocycles. The third-order valence-electron chi connectivity index (χ3n) is 4.70. The van der Waals surface area contributed by atoms with E-state index in [0.29, 0.717) is 10.6 Å². The Hall–Kier alpha value is -3.72. The van der Waals surface area contributed by atoms with Crippen molar-refractivity contribution in [3.63, 3.8) is 0 Å². The van der Waals surface area contributed by atoms with E-state index >= 15 is 0 Å². The van der Waals surface area contributed by atoms with Gasteiger partial charge in [-0.1, -0.05) is 78.9 Å². The lowest BCUT2D eigenvalue weighted by atomic mass is 9.99. The van der Waals surface area contributed by atoms with E-state index in [1.54, 1.807) is 11.9 Å². The Labute approximate surface area is 180 Å². The molecule has 0 aliphatic heterocycles. The first kappa shape index (κ1) is 19.6. The van der Waals surface area contributed by atoms with Crippen molar-refractivity contribution in [2.45, 2.75) is 0 Å². The molecule has 0 aliphatic rings. The number of aliphatic imine (C=N–C) groups is 1. The molecular weight excluding hydrogens is 388 g/mol. The fourth-order valence-corrected chi connectivity index (χ4v) is 3.90. The zero-order valence-corrected chi connectivity index (χ0v) is 17.3. The van der Waals surface area contributed by atoms with Gasteiger partial charge in [-0.25, -0.2) is 4.99 Å². The lowest BCUT2D eigenvalue weighted by Gasteiger charge is -2.16. The van der Waals surface area contributed by atoms with Crippen molar-refractivity contribution >= 4 is 40.1 Å². The fraction of sp³-hybridized carbons (Fsp3) is 0.0385. The van der Waals surface area contributed by atoms with Crippen LogP contribution in [0.1, 0.15) is 20.8 Å². The number of hydrogen-bond donors (Lipinski definition) is 0. The summed E-state index contributed by atoms with van der Waals surface area (Å²) in [4.78, 5) is 19.9. The highest BCUT2D eigenvalue weighted by molar-refractivity contribution is 7.12. The van der Waals surface area contributed by atoms with Crippen LogP contribution in [0.2, 0.25) is 0 Å². The molecule has 146 valence electrons. The topological polar surface area (TPSA) is 32.7 Å². The molecule has 3 aromatic carbocycles. The van der Waals surface area contributed by atoms with Crippen molar-refractivity contribution in [3.8, 4) is 0 Å². The number of carbonyl (C=O) groups is 1. The molecule has 0 unspecified atom stereocenters. The molecule has 0 N–H and O–H groups in total. The van der Waals surface area contributed by atoms with E-state index in [0.717, 1.165) is 22.4 Å². The van der Waals surface area contributed by atoms with Crippen LogP contribution in [0.25, 0.3) is 5.57 Å². The van der Waals surface area contributed by atoms with Gasteiger partial charge in [-0.15, -0.1) is 11.3 Å². The highest BCUT2D eigenvalue weighted by atomic mass is 32.1. The van der Waals surface area contributed by atoms with Gasteiger partial charge in [0.25, 0.3) is 5.91 Å². The molecule has 0 saturated heterocycles. The van der Waals surface area contributed by atoms with Gasteiger partial charge in [0.15, 0.2) is 0 Å². The molecule has 4 heteroatoms. The first-order chi connectivity index (χ1) is 14.7. The van der Waals surface area contributed by atoms with Crippen LogP contribution in [0.5, 0.6) is 0 Å². The summed E-state index contributed by atoms with van der Waals surface area (Å²) in [7, 11) is 1.78. The summed E-state index contributed by atoms with van der Waals surface area (Å²) >= 11 is 1.39. The Kier molecular flexibility index (Phi) is 6.00. The van der Waals surface area contributed by atoms with Crippen LogP contribution in [-0.4, -0.2) is 18.8 Å². The molecule has 0 spiro atoms. The first-order valence-corrected chi connectivity index (χ1v) is 10.5. The van der Waals surface area contributed by atoms with Crippen LogP contribution in [0, 0.1) is 0 Å². The second kappa shape index (κ2) is 9.19.